The van der Waals surface area contributed by atoms with Crippen LogP contribution in [-0.2, 0) is 28.6 Å². The summed E-state index contributed by atoms with van der Waals surface area (Å²) in [5.74, 6) is -1.12. The van der Waals surface area contributed by atoms with Gasteiger partial charge in [-0.3, -0.25) is 14.4 Å². The second kappa shape index (κ2) is 51.9. The summed E-state index contributed by atoms with van der Waals surface area (Å²) >= 11 is 0. The first-order valence-corrected chi connectivity index (χ1v) is 25.4. The highest BCUT2D eigenvalue weighted by Gasteiger charge is 2.19. The molecule has 0 bridgehead atoms. The van der Waals surface area contributed by atoms with E-state index in [1.54, 1.807) is 0 Å². The van der Waals surface area contributed by atoms with Crippen molar-refractivity contribution in [3.05, 3.63) is 146 Å². The third kappa shape index (κ3) is 50.2. The number of ether oxygens (including phenoxy) is 3. The van der Waals surface area contributed by atoms with Gasteiger partial charge >= 0.3 is 17.9 Å². The SMILES string of the molecule is CC/C=C/C=C/C=C/C=C/C=C/CCCC(=O)OCC(COC(=O)CC/C=C/C/C=C/C/C=C/C/C=C/C/C=C/C/C=C/CC)OC(=O)CCCCCCCCC/C=C/CCCCCC. The molecule has 6 heteroatoms. The lowest BCUT2D eigenvalue weighted by atomic mass is 10.1. The van der Waals surface area contributed by atoms with Crippen LogP contribution in [0, 0.1) is 0 Å². The number of rotatable bonds is 43. The Labute approximate surface area is 397 Å². The average Bonchev–Trinajstić information content (AvgIpc) is 3.30. The zero-order valence-corrected chi connectivity index (χ0v) is 41.2. The zero-order valence-electron chi connectivity index (χ0n) is 41.2. The Morgan fingerprint density at radius 1 is 0.338 bits per heavy atom. The van der Waals surface area contributed by atoms with E-state index in [2.05, 4.69) is 99.8 Å². The van der Waals surface area contributed by atoms with Crippen LogP contribution in [-0.4, -0.2) is 37.2 Å². The molecule has 0 aromatic rings. The highest BCUT2D eigenvalue weighted by Crippen LogP contribution is 2.12. The van der Waals surface area contributed by atoms with Crippen molar-refractivity contribution in [2.45, 2.75) is 194 Å². The summed E-state index contributed by atoms with van der Waals surface area (Å²) in [5.41, 5.74) is 0. The van der Waals surface area contributed by atoms with Crippen LogP contribution < -0.4 is 0 Å². The molecule has 0 fully saturated rings. The van der Waals surface area contributed by atoms with Gasteiger partial charge in [-0.05, 0) is 96.3 Å². The molecule has 0 spiro atoms. The number of carbonyl (C=O) groups is 3. The molecule has 0 saturated carbocycles. The van der Waals surface area contributed by atoms with Crippen molar-refractivity contribution in [2.75, 3.05) is 13.2 Å². The van der Waals surface area contributed by atoms with E-state index in [1.165, 1.54) is 64.2 Å². The summed E-state index contributed by atoms with van der Waals surface area (Å²) in [6.45, 7) is 6.20. The van der Waals surface area contributed by atoms with E-state index in [1.807, 2.05) is 66.8 Å². The summed E-state index contributed by atoms with van der Waals surface area (Å²) in [6.07, 6.45) is 74.2. The van der Waals surface area contributed by atoms with Gasteiger partial charge in [0.05, 0.1) is 0 Å². The molecular formula is C59H90O6. The summed E-state index contributed by atoms with van der Waals surface area (Å²) in [4.78, 5) is 37.9. The van der Waals surface area contributed by atoms with Crippen molar-refractivity contribution >= 4 is 17.9 Å². The third-order valence-electron chi connectivity index (χ3n) is 9.95. The van der Waals surface area contributed by atoms with E-state index < -0.39 is 6.10 Å². The maximum atomic E-state index is 12.8. The molecule has 0 saturated heterocycles. The fraction of sp³-hybridized carbons (Fsp3) is 0.542. The molecule has 0 amide bonds. The van der Waals surface area contributed by atoms with Crippen molar-refractivity contribution in [3.63, 3.8) is 0 Å². The van der Waals surface area contributed by atoms with E-state index in [9.17, 15) is 14.4 Å². The number of carbonyl (C=O) groups excluding carboxylic acids is 3. The van der Waals surface area contributed by atoms with Crippen molar-refractivity contribution in [2.24, 2.45) is 0 Å². The van der Waals surface area contributed by atoms with Crippen LogP contribution in [0.15, 0.2) is 146 Å². The molecule has 0 aliphatic heterocycles. The zero-order chi connectivity index (χ0) is 47.2. The number of hydrogen-bond donors (Lipinski definition) is 0. The van der Waals surface area contributed by atoms with Gasteiger partial charge in [0.15, 0.2) is 6.10 Å². The van der Waals surface area contributed by atoms with Gasteiger partial charge in [0.1, 0.15) is 13.2 Å². The molecule has 0 rings (SSSR count). The van der Waals surface area contributed by atoms with E-state index in [4.69, 9.17) is 14.2 Å². The molecule has 0 heterocycles. The van der Waals surface area contributed by atoms with Crippen LogP contribution in [0.1, 0.15) is 188 Å². The molecule has 0 aliphatic rings. The van der Waals surface area contributed by atoms with Crippen LogP contribution in [0.2, 0.25) is 0 Å². The fourth-order valence-corrected chi connectivity index (χ4v) is 6.20. The quantitative estimate of drug-likeness (QED) is 0.0199. The molecule has 1 unspecified atom stereocenters. The van der Waals surface area contributed by atoms with Gasteiger partial charge in [-0.2, -0.15) is 0 Å². The highest BCUT2D eigenvalue weighted by atomic mass is 16.6. The minimum atomic E-state index is -0.845. The fourth-order valence-electron chi connectivity index (χ4n) is 6.20. The van der Waals surface area contributed by atoms with Crippen LogP contribution in [0.25, 0.3) is 0 Å². The number of unbranched alkanes of at least 4 members (excludes halogenated alkanes) is 12. The van der Waals surface area contributed by atoms with Gasteiger partial charge in [0.25, 0.3) is 0 Å². The second-order valence-corrected chi connectivity index (χ2v) is 16.1. The first kappa shape index (κ1) is 60.3. The molecule has 65 heavy (non-hydrogen) atoms. The Balaban J connectivity index is 4.62. The Morgan fingerprint density at radius 3 is 1.25 bits per heavy atom. The van der Waals surface area contributed by atoms with Crippen LogP contribution in [0.4, 0.5) is 0 Å². The second-order valence-electron chi connectivity index (χ2n) is 16.1. The summed E-state index contributed by atoms with van der Waals surface area (Å²) < 4.78 is 16.6. The highest BCUT2D eigenvalue weighted by molar-refractivity contribution is 5.71. The molecule has 0 aromatic carbocycles. The van der Waals surface area contributed by atoms with E-state index >= 15 is 0 Å². The Morgan fingerprint density at radius 2 is 0.723 bits per heavy atom. The normalized spacial score (nSPS) is 13.3. The van der Waals surface area contributed by atoms with Gasteiger partial charge in [0.2, 0.25) is 0 Å². The number of hydrogen-bond acceptors (Lipinski definition) is 6. The maximum Gasteiger partial charge on any atom is 0.306 e. The minimum absolute atomic E-state index is 0.146. The van der Waals surface area contributed by atoms with Crippen LogP contribution in [0.3, 0.4) is 0 Å². The predicted molar refractivity (Wildman–Crippen MR) is 279 cm³/mol. The molecule has 6 nitrogen and oxygen atoms in total. The Kier molecular flexibility index (Phi) is 48.2. The molecule has 1 atom stereocenters. The minimum Gasteiger partial charge on any atom is -0.462 e. The number of esters is 3. The molecular weight excluding hydrogens is 805 g/mol. The Hall–Kier alpha value is -4.71. The topological polar surface area (TPSA) is 78.9 Å². The van der Waals surface area contributed by atoms with Crippen LogP contribution in [0.5, 0.6) is 0 Å². The van der Waals surface area contributed by atoms with Gasteiger partial charge in [-0.25, -0.2) is 0 Å². The van der Waals surface area contributed by atoms with Gasteiger partial charge < -0.3 is 14.2 Å². The van der Waals surface area contributed by atoms with Crippen molar-refractivity contribution in [1.82, 2.24) is 0 Å². The average molecular weight is 895 g/mol. The third-order valence-corrected chi connectivity index (χ3v) is 9.95. The molecule has 0 radical (unpaired) electrons. The smallest absolute Gasteiger partial charge is 0.306 e. The lowest BCUT2D eigenvalue weighted by molar-refractivity contribution is -0.166. The van der Waals surface area contributed by atoms with Crippen molar-refractivity contribution in [3.8, 4) is 0 Å². The van der Waals surface area contributed by atoms with E-state index in [-0.39, 0.29) is 50.4 Å². The van der Waals surface area contributed by atoms with Gasteiger partial charge in [-0.1, -0.05) is 218 Å². The van der Waals surface area contributed by atoms with Crippen LogP contribution >= 0.6 is 0 Å². The lowest BCUT2D eigenvalue weighted by Crippen LogP contribution is -2.30. The largest absolute Gasteiger partial charge is 0.462 e. The maximum absolute atomic E-state index is 12.8. The van der Waals surface area contributed by atoms with Crippen molar-refractivity contribution in [1.29, 1.82) is 0 Å². The monoisotopic (exact) mass is 895 g/mol. The first-order valence-electron chi connectivity index (χ1n) is 25.4. The predicted octanol–water partition coefficient (Wildman–Crippen LogP) is 16.9. The summed E-state index contributed by atoms with van der Waals surface area (Å²) in [7, 11) is 0. The number of allylic oxidation sites excluding steroid dienone is 24. The lowest BCUT2D eigenvalue weighted by Gasteiger charge is -2.18. The molecule has 362 valence electrons. The molecule has 0 aromatic heterocycles. The standard InChI is InChI=1S/C59H90O6/c1-4-7-10-13-16-19-22-25-27-28-29-30-32-34-37-40-43-46-49-52-58(61)64-55-56(54-63-57(60)51-48-45-42-39-36-33-24-21-18-15-12-9-6-3)65-59(62)53-50-47-44-41-38-35-31-26-23-20-17-14-11-8-5-2/h7,9-10,12,15-16,18-21,23-25,27,29-30,33-34,36-37,39,42-43,46,56H,4-6,8,11,13-14,17,22,26,28,31-32,35,38,40-41,44-45,47-55H2,1-3H3/b10-7+,12-9+,18-15+,19-16+,23-20+,24-21+,27-25+,30-29+,36-33+,37-34+,42-39+,46-43+. The van der Waals surface area contributed by atoms with Gasteiger partial charge in [0, 0.05) is 19.3 Å². The summed E-state index contributed by atoms with van der Waals surface area (Å²) in [6, 6.07) is 0. The van der Waals surface area contributed by atoms with Crippen molar-refractivity contribution < 1.29 is 28.6 Å². The molecule has 0 aliphatic carbocycles. The van der Waals surface area contributed by atoms with E-state index in [0.29, 0.717) is 12.8 Å². The first-order chi connectivity index (χ1) is 32.0. The Bertz CT molecular complexity index is 1490. The molecule has 0 N–H and O–H groups in total. The summed E-state index contributed by atoms with van der Waals surface area (Å²) in [5, 5.41) is 0. The van der Waals surface area contributed by atoms with Gasteiger partial charge in [-0.15, -0.1) is 0 Å². The van der Waals surface area contributed by atoms with E-state index in [0.717, 1.165) is 70.6 Å².